The number of rotatable bonds is 7. The number of hydrogen-bond acceptors (Lipinski definition) is 5. The van der Waals surface area contributed by atoms with Crippen molar-refractivity contribution in [2.75, 3.05) is 13.2 Å². The molecule has 0 aromatic rings. The highest BCUT2D eigenvalue weighted by molar-refractivity contribution is 6.68. The van der Waals surface area contributed by atoms with Crippen LogP contribution < -0.4 is 5.32 Å². The van der Waals surface area contributed by atoms with Gasteiger partial charge in [0.2, 0.25) is 3.79 Å². The van der Waals surface area contributed by atoms with Gasteiger partial charge in [-0.3, -0.25) is 9.59 Å². The maximum atomic E-state index is 12.3. The number of nitrogens with one attached hydrogen (secondary N) is 1. The lowest BCUT2D eigenvalue weighted by atomic mass is 9.92. The maximum Gasteiger partial charge on any atom is 0.322 e. The number of carbonyl (C=O) groups excluding carboxylic acids is 2. The van der Waals surface area contributed by atoms with Crippen molar-refractivity contribution in [3.05, 3.63) is 0 Å². The van der Waals surface area contributed by atoms with Crippen LogP contribution in [0.15, 0.2) is 0 Å². The highest BCUT2D eigenvalue weighted by Crippen LogP contribution is 2.36. The lowest BCUT2D eigenvalue weighted by Crippen LogP contribution is -2.55. The molecule has 0 bridgehead atoms. The van der Waals surface area contributed by atoms with Crippen molar-refractivity contribution >= 4 is 46.7 Å². The number of alkyl halides is 3. The zero-order valence-corrected chi connectivity index (χ0v) is 15.7. The number of ether oxygens (including phenoxy) is 2. The van der Waals surface area contributed by atoms with Gasteiger partial charge in [0, 0.05) is 6.04 Å². The number of halogens is 3. The molecular weight excluding hydrogens is 365 g/mol. The Morgan fingerprint density at radius 1 is 1.04 bits per heavy atom. The summed E-state index contributed by atoms with van der Waals surface area (Å²) >= 11 is 18.2. The van der Waals surface area contributed by atoms with Crippen molar-refractivity contribution in [1.82, 2.24) is 5.32 Å². The Kier molecular flexibility index (Phi) is 8.98. The lowest BCUT2D eigenvalue weighted by Gasteiger charge is -2.35. The number of hydrogen-bond donors (Lipinski definition) is 1. The minimum Gasteiger partial charge on any atom is -0.465 e. The zero-order chi connectivity index (χ0) is 17.5. The Labute approximate surface area is 152 Å². The first-order chi connectivity index (χ1) is 10.8. The summed E-state index contributed by atoms with van der Waals surface area (Å²) in [6.07, 6.45) is 5.11. The molecule has 23 heavy (non-hydrogen) atoms. The van der Waals surface area contributed by atoms with E-state index in [1.165, 1.54) is 0 Å². The van der Waals surface area contributed by atoms with Gasteiger partial charge >= 0.3 is 11.9 Å². The summed E-state index contributed by atoms with van der Waals surface area (Å²) in [6.45, 7) is 3.56. The topological polar surface area (TPSA) is 64.6 Å². The number of carbonyl (C=O) groups is 2. The van der Waals surface area contributed by atoms with E-state index in [-0.39, 0.29) is 19.3 Å². The SMILES string of the molecule is CCOC(=O)C(C(=O)OCC)C(NC1CCCCC1)C(Cl)(Cl)Cl. The van der Waals surface area contributed by atoms with E-state index in [2.05, 4.69) is 5.32 Å². The van der Waals surface area contributed by atoms with E-state index in [4.69, 9.17) is 44.3 Å². The quantitative estimate of drug-likeness (QED) is 0.411. The summed E-state index contributed by atoms with van der Waals surface area (Å²) in [5.41, 5.74) is 0. The first kappa shape index (κ1) is 20.8. The van der Waals surface area contributed by atoms with Crippen LogP contribution in [-0.2, 0) is 19.1 Å². The third-order valence-corrected chi connectivity index (χ3v) is 4.49. The van der Waals surface area contributed by atoms with Gasteiger partial charge in [-0.2, -0.15) is 0 Å². The van der Waals surface area contributed by atoms with Gasteiger partial charge in [0.15, 0.2) is 5.92 Å². The van der Waals surface area contributed by atoms with Crippen LogP contribution in [-0.4, -0.2) is 41.0 Å². The minimum atomic E-state index is -1.85. The first-order valence-electron chi connectivity index (χ1n) is 7.97. The largest absolute Gasteiger partial charge is 0.465 e. The van der Waals surface area contributed by atoms with Crippen LogP contribution in [0.1, 0.15) is 46.0 Å². The molecule has 0 radical (unpaired) electrons. The summed E-state index contributed by atoms with van der Waals surface area (Å²) < 4.78 is 8.12. The molecule has 0 amide bonds. The van der Waals surface area contributed by atoms with Gasteiger partial charge in [0.05, 0.1) is 19.3 Å². The van der Waals surface area contributed by atoms with Crippen molar-refractivity contribution in [1.29, 1.82) is 0 Å². The summed E-state index contributed by atoms with van der Waals surface area (Å²) in [6, 6.07) is -0.913. The van der Waals surface area contributed by atoms with Crippen LogP contribution in [0.5, 0.6) is 0 Å². The first-order valence-corrected chi connectivity index (χ1v) is 9.10. The van der Waals surface area contributed by atoms with E-state index in [9.17, 15) is 9.59 Å². The monoisotopic (exact) mass is 387 g/mol. The molecule has 0 saturated heterocycles. The van der Waals surface area contributed by atoms with Crippen molar-refractivity contribution < 1.29 is 19.1 Å². The van der Waals surface area contributed by atoms with Crippen molar-refractivity contribution in [2.45, 2.75) is 61.8 Å². The van der Waals surface area contributed by atoms with Crippen LogP contribution >= 0.6 is 34.8 Å². The third-order valence-electron chi connectivity index (χ3n) is 3.79. The predicted octanol–water partition coefficient (Wildman–Crippen LogP) is 3.39. The fourth-order valence-electron chi connectivity index (χ4n) is 2.74. The molecule has 1 N–H and O–H groups in total. The Bertz CT molecular complexity index is 377. The molecule has 1 fully saturated rings. The normalized spacial score (nSPS) is 17.8. The van der Waals surface area contributed by atoms with Gasteiger partial charge in [-0.1, -0.05) is 54.1 Å². The number of esters is 2. The van der Waals surface area contributed by atoms with Gasteiger partial charge < -0.3 is 14.8 Å². The third kappa shape index (κ3) is 6.65. The van der Waals surface area contributed by atoms with Gasteiger partial charge in [0.1, 0.15) is 0 Å². The smallest absolute Gasteiger partial charge is 0.322 e. The summed E-state index contributed by atoms with van der Waals surface area (Å²) in [5.74, 6) is -2.81. The van der Waals surface area contributed by atoms with Crippen LogP contribution in [0.3, 0.4) is 0 Å². The van der Waals surface area contributed by atoms with Crippen molar-refractivity contribution in [2.24, 2.45) is 5.92 Å². The molecule has 134 valence electrons. The molecule has 1 aliphatic rings. The van der Waals surface area contributed by atoms with Gasteiger partial charge in [-0.25, -0.2) is 0 Å². The second-order valence-corrected chi connectivity index (χ2v) is 7.87. The predicted molar refractivity (Wildman–Crippen MR) is 90.8 cm³/mol. The molecule has 0 aromatic carbocycles. The maximum absolute atomic E-state index is 12.3. The zero-order valence-electron chi connectivity index (χ0n) is 13.4. The Hall–Kier alpha value is -0.230. The molecule has 0 aliphatic heterocycles. The van der Waals surface area contributed by atoms with Crippen molar-refractivity contribution in [3.8, 4) is 0 Å². The second kappa shape index (κ2) is 9.92. The molecule has 0 heterocycles. The molecular formula is C15H24Cl3NO4. The van der Waals surface area contributed by atoms with E-state index in [0.717, 1.165) is 32.1 Å². The minimum absolute atomic E-state index is 0.0933. The lowest BCUT2D eigenvalue weighted by molar-refractivity contribution is -0.163. The standard InChI is InChI=1S/C15H24Cl3NO4/c1-3-22-13(20)11(14(21)23-4-2)12(15(16,17)18)19-10-8-6-5-7-9-10/h10-12,19H,3-9H2,1-2H3. The average Bonchev–Trinajstić information content (AvgIpc) is 2.47. The summed E-state index contributed by atoms with van der Waals surface area (Å²) in [4.78, 5) is 24.5. The molecule has 8 heteroatoms. The van der Waals surface area contributed by atoms with E-state index >= 15 is 0 Å². The highest BCUT2D eigenvalue weighted by Gasteiger charge is 2.48. The van der Waals surface area contributed by atoms with E-state index < -0.39 is 27.7 Å². The summed E-state index contributed by atoms with van der Waals surface area (Å²) in [5, 5.41) is 3.18. The van der Waals surface area contributed by atoms with E-state index in [1.807, 2.05) is 0 Å². The average molecular weight is 389 g/mol. The van der Waals surface area contributed by atoms with Gasteiger partial charge in [0.25, 0.3) is 0 Å². The Morgan fingerprint density at radius 2 is 1.52 bits per heavy atom. The van der Waals surface area contributed by atoms with Crippen LogP contribution in [0.4, 0.5) is 0 Å². The van der Waals surface area contributed by atoms with Crippen LogP contribution in [0.2, 0.25) is 0 Å². The molecule has 5 nitrogen and oxygen atoms in total. The van der Waals surface area contributed by atoms with Crippen LogP contribution in [0.25, 0.3) is 0 Å². The molecule has 0 spiro atoms. The Morgan fingerprint density at radius 3 is 1.91 bits per heavy atom. The molecule has 0 aromatic heterocycles. The summed E-state index contributed by atoms with van der Waals surface area (Å²) in [7, 11) is 0. The van der Waals surface area contributed by atoms with Gasteiger partial charge in [-0.15, -0.1) is 0 Å². The van der Waals surface area contributed by atoms with E-state index in [1.54, 1.807) is 13.8 Å². The molecule has 1 saturated carbocycles. The molecule has 1 unspecified atom stereocenters. The molecule has 1 rings (SSSR count). The van der Waals surface area contributed by atoms with Crippen LogP contribution in [0, 0.1) is 5.92 Å². The van der Waals surface area contributed by atoms with Gasteiger partial charge in [-0.05, 0) is 26.7 Å². The van der Waals surface area contributed by atoms with Crippen molar-refractivity contribution in [3.63, 3.8) is 0 Å². The fraction of sp³-hybridized carbons (Fsp3) is 0.867. The van der Waals surface area contributed by atoms with E-state index in [0.29, 0.717) is 0 Å². The Balaban J connectivity index is 2.99. The molecule has 1 atom stereocenters. The second-order valence-electron chi connectivity index (χ2n) is 5.50. The highest BCUT2D eigenvalue weighted by atomic mass is 35.6. The fourth-order valence-corrected chi connectivity index (χ4v) is 3.30. The molecule has 1 aliphatic carbocycles.